The van der Waals surface area contributed by atoms with Crippen molar-refractivity contribution in [3.8, 4) is 5.75 Å². The van der Waals surface area contributed by atoms with Crippen LogP contribution < -0.4 is 9.61 Å². The molecule has 2 bridgehead atoms. The van der Waals surface area contributed by atoms with E-state index < -0.39 is 23.8 Å². The molecule has 0 spiro atoms. The number of aliphatic carboxylic acids is 1. The molecule has 2 aromatic carbocycles. The molecule has 2 aliphatic carbocycles. The lowest BCUT2D eigenvalue weighted by molar-refractivity contribution is -0.154. The molecule has 8 nitrogen and oxygen atoms in total. The van der Waals surface area contributed by atoms with Crippen LogP contribution in [0.1, 0.15) is 35.3 Å². The van der Waals surface area contributed by atoms with Crippen LogP contribution in [0, 0.1) is 29.6 Å². The second-order valence-electron chi connectivity index (χ2n) is 11.0. The van der Waals surface area contributed by atoms with Crippen molar-refractivity contribution in [2.75, 3.05) is 0 Å². The van der Waals surface area contributed by atoms with Crippen molar-refractivity contribution in [3.63, 3.8) is 0 Å². The molecule has 2 aliphatic heterocycles. The summed E-state index contributed by atoms with van der Waals surface area (Å²) in [4.78, 5) is 56.1. The van der Waals surface area contributed by atoms with Crippen LogP contribution in [-0.2, 0) is 21.0 Å². The van der Waals surface area contributed by atoms with Gasteiger partial charge in [0.1, 0.15) is 18.4 Å². The molecular formula is C29H25ClN2O6S2. The number of carbonyl (C=O) groups is 3. The van der Waals surface area contributed by atoms with Gasteiger partial charge in [-0.15, -0.1) is 11.8 Å². The Morgan fingerprint density at radius 3 is 2.52 bits per heavy atom. The third-order valence-electron chi connectivity index (χ3n) is 9.06. The van der Waals surface area contributed by atoms with Gasteiger partial charge >= 0.3 is 10.8 Å². The van der Waals surface area contributed by atoms with Crippen molar-refractivity contribution in [1.29, 1.82) is 0 Å². The summed E-state index contributed by atoms with van der Waals surface area (Å²) < 4.78 is 6.34. The number of carbonyl (C=O) groups excluding carboxylic acids is 2. The molecule has 4 aliphatic rings. The van der Waals surface area contributed by atoms with Gasteiger partial charge in [0.2, 0.25) is 11.8 Å². The maximum absolute atomic E-state index is 13.6. The van der Waals surface area contributed by atoms with Gasteiger partial charge in [-0.2, -0.15) is 0 Å². The topological polar surface area (TPSA) is 117 Å². The number of hydrogen-bond acceptors (Lipinski definition) is 7. The second-order valence-corrected chi connectivity index (χ2v) is 13.6. The van der Waals surface area contributed by atoms with Crippen molar-refractivity contribution in [2.24, 2.45) is 29.6 Å². The number of amides is 2. The number of carboxylic acid groups (broad SMARTS) is 1. The fraction of sp³-hybridized carbons (Fsp3) is 0.379. The Morgan fingerprint density at radius 1 is 1.10 bits per heavy atom. The Morgan fingerprint density at radius 2 is 1.80 bits per heavy atom. The number of nitrogens with one attached hydrogen (secondary N) is 1. The third-order valence-corrected chi connectivity index (χ3v) is 11.9. The van der Waals surface area contributed by atoms with Gasteiger partial charge in [-0.3, -0.25) is 19.3 Å². The number of rotatable bonds is 6. The number of thioether (sulfide) groups is 1. The van der Waals surface area contributed by atoms with Gasteiger partial charge in [-0.25, -0.2) is 4.79 Å². The first-order chi connectivity index (χ1) is 19.2. The molecule has 2 amide bonds. The van der Waals surface area contributed by atoms with Crippen LogP contribution in [0.15, 0.2) is 58.4 Å². The minimum atomic E-state index is -1.20. The quantitative estimate of drug-likeness (QED) is 0.399. The summed E-state index contributed by atoms with van der Waals surface area (Å²) in [6, 6.07) is 14.1. The number of para-hydroxylation sites is 1. The summed E-state index contributed by atoms with van der Waals surface area (Å²) in [6.07, 6.45) is 0.730. The van der Waals surface area contributed by atoms with Crippen molar-refractivity contribution in [1.82, 2.24) is 9.88 Å². The molecule has 0 radical (unpaired) electrons. The third kappa shape index (κ3) is 3.79. The molecule has 2 saturated carbocycles. The molecule has 2 N–H and O–H groups in total. The molecule has 3 fully saturated rings. The van der Waals surface area contributed by atoms with Gasteiger partial charge in [-0.05, 0) is 54.9 Å². The van der Waals surface area contributed by atoms with Crippen LogP contribution in [-0.4, -0.2) is 44.1 Å². The molecule has 3 heterocycles. The monoisotopic (exact) mass is 596 g/mol. The largest absolute Gasteiger partial charge is 0.489 e. The van der Waals surface area contributed by atoms with E-state index in [1.165, 1.54) is 18.3 Å². The van der Waals surface area contributed by atoms with E-state index in [0.717, 1.165) is 32.4 Å². The Kier molecular flexibility index (Phi) is 6.14. The summed E-state index contributed by atoms with van der Waals surface area (Å²) in [6.45, 7) is 1.73. The van der Waals surface area contributed by atoms with E-state index in [4.69, 9.17) is 16.3 Å². The first kappa shape index (κ1) is 25.9. The van der Waals surface area contributed by atoms with E-state index in [-0.39, 0.29) is 45.6 Å². The molecule has 7 unspecified atom stereocenters. The van der Waals surface area contributed by atoms with Gasteiger partial charge in [0.25, 0.3) is 0 Å². The predicted octanol–water partition coefficient (Wildman–Crippen LogP) is 4.62. The van der Waals surface area contributed by atoms with E-state index in [0.29, 0.717) is 17.4 Å². The van der Waals surface area contributed by atoms with Gasteiger partial charge in [0.15, 0.2) is 0 Å². The second kappa shape index (κ2) is 9.49. The lowest BCUT2D eigenvalue weighted by Gasteiger charge is -2.43. The minimum absolute atomic E-state index is 0.00711. The standard InChI is InChI=1S/C29H25ClN2O6S2/c1-12(28(35)36)32-26(33)21-16-10-17(22(21)27(32)34)23-20(16)19(24-25(39-23)31-29(37)40-24)15-4-2-3-5-18(15)38-11-13-6-8-14(30)9-7-13/h2-9,12,16-17,19-23H,10-11H2,1H3,(H,31,37)(H,35,36)/t12?,16?,17?,19-,20?,21?,22?,23?/m1/s1. The number of likely N-dealkylation sites (tertiary alicyclic amines) is 1. The van der Waals surface area contributed by atoms with E-state index in [9.17, 15) is 24.3 Å². The average molecular weight is 597 g/mol. The molecule has 8 atom stereocenters. The van der Waals surface area contributed by atoms with Crippen molar-refractivity contribution in [2.45, 2.75) is 42.2 Å². The van der Waals surface area contributed by atoms with Crippen LogP contribution in [0.3, 0.4) is 0 Å². The maximum Gasteiger partial charge on any atom is 0.326 e. The average Bonchev–Trinajstić information content (AvgIpc) is 3.67. The van der Waals surface area contributed by atoms with Crippen LogP contribution >= 0.6 is 34.7 Å². The summed E-state index contributed by atoms with van der Waals surface area (Å²) in [5.74, 6) is -2.67. The number of thiazole rings is 1. The molecule has 1 saturated heterocycles. The smallest absolute Gasteiger partial charge is 0.326 e. The van der Waals surface area contributed by atoms with Crippen molar-refractivity contribution in [3.05, 3.63) is 79.2 Å². The SMILES string of the molecule is CC(C(=O)O)N1C(=O)C2C3CC(C2C1=O)C1C3Sc2[nH]c(=O)sc2[C@@H]1c1ccccc1OCc1ccc(Cl)cc1. The van der Waals surface area contributed by atoms with Crippen LogP contribution in [0.5, 0.6) is 5.75 Å². The number of benzene rings is 2. The highest BCUT2D eigenvalue weighted by Gasteiger charge is 2.70. The number of fused-ring (bicyclic) bond motifs is 9. The first-order valence-corrected chi connectivity index (χ1v) is 15.3. The molecule has 11 heteroatoms. The van der Waals surface area contributed by atoms with Crippen LogP contribution in [0.25, 0.3) is 0 Å². The molecular weight excluding hydrogens is 572 g/mol. The Labute approximate surface area is 242 Å². The number of nitrogens with zero attached hydrogens (tertiary/aromatic N) is 1. The summed E-state index contributed by atoms with van der Waals surface area (Å²) >= 11 is 8.83. The number of carboxylic acids is 1. The minimum Gasteiger partial charge on any atom is -0.489 e. The number of aromatic amines is 1. The molecule has 40 heavy (non-hydrogen) atoms. The highest BCUT2D eigenvalue weighted by atomic mass is 35.5. The van der Waals surface area contributed by atoms with Gasteiger partial charge in [0, 0.05) is 26.6 Å². The normalized spacial score (nSPS) is 30.6. The zero-order valence-corrected chi connectivity index (χ0v) is 23.7. The van der Waals surface area contributed by atoms with Crippen molar-refractivity contribution >= 4 is 52.5 Å². The number of hydrogen-bond donors (Lipinski definition) is 2. The molecule has 3 aromatic rings. The number of H-pyrrole nitrogens is 1. The van der Waals surface area contributed by atoms with Crippen LogP contribution in [0.2, 0.25) is 5.02 Å². The Balaban J connectivity index is 1.28. The van der Waals surface area contributed by atoms with E-state index >= 15 is 0 Å². The lowest BCUT2D eigenvalue weighted by atomic mass is 9.68. The number of ether oxygens (including phenoxy) is 1. The fourth-order valence-electron chi connectivity index (χ4n) is 7.49. The van der Waals surface area contributed by atoms with Crippen LogP contribution in [0.4, 0.5) is 0 Å². The lowest BCUT2D eigenvalue weighted by Crippen LogP contribution is -2.44. The summed E-state index contributed by atoms with van der Waals surface area (Å²) in [5, 5.41) is 11.0. The zero-order valence-electron chi connectivity index (χ0n) is 21.3. The van der Waals surface area contributed by atoms with Crippen molar-refractivity contribution < 1.29 is 24.2 Å². The first-order valence-electron chi connectivity index (χ1n) is 13.2. The molecule has 7 rings (SSSR count). The highest BCUT2D eigenvalue weighted by molar-refractivity contribution is 8.00. The number of aromatic nitrogens is 1. The summed E-state index contributed by atoms with van der Waals surface area (Å²) in [5.41, 5.74) is 1.91. The predicted molar refractivity (Wildman–Crippen MR) is 150 cm³/mol. The highest BCUT2D eigenvalue weighted by Crippen LogP contribution is 2.69. The van der Waals surface area contributed by atoms with E-state index in [2.05, 4.69) is 4.98 Å². The Hall–Kier alpha value is -3.08. The fourth-order valence-corrected chi connectivity index (χ4v) is 10.5. The van der Waals surface area contributed by atoms with Gasteiger partial charge in [0.05, 0.1) is 16.9 Å². The van der Waals surface area contributed by atoms with E-state index in [1.54, 1.807) is 11.8 Å². The maximum atomic E-state index is 13.6. The molecule has 206 valence electrons. The summed E-state index contributed by atoms with van der Waals surface area (Å²) in [7, 11) is 0. The molecule has 1 aromatic heterocycles. The number of halogens is 1. The Bertz CT molecular complexity index is 1600. The van der Waals surface area contributed by atoms with Gasteiger partial charge < -0.3 is 14.8 Å². The van der Waals surface area contributed by atoms with E-state index in [1.807, 2.05) is 48.5 Å². The number of imide groups is 1. The zero-order chi connectivity index (χ0) is 27.9. The van der Waals surface area contributed by atoms with Gasteiger partial charge in [-0.1, -0.05) is 53.3 Å².